The van der Waals surface area contributed by atoms with E-state index in [0.717, 1.165) is 30.7 Å². The summed E-state index contributed by atoms with van der Waals surface area (Å²) in [5.74, 6) is 1.05. The van der Waals surface area contributed by atoms with Gasteiger partial charge in [-0.1, -0.05) is 6.42 Å². The molecule has 1 saturated heterocycles. The highest BCUT2D eigenvalue weighted by molar-refractivity contribution is 7.86. The Bertz CT molecular complexity index is 732. The van der Waals surface area contributed by atoms with Gasteiger partial charge >= 0.3 is 0 Å². The number of hydrogen-bond acceptors (Lipinski definition) is 4. The fourth-order valence-electron chi connectivity index (χ4n) is 2.95. The molecule has 1 unspecified atom stereocenters. The summed E-state index contributed by atoms with van der Waals surface area (Å²) in [6, 6.07) is 7.28. The van der Waals surface area contributed by atoms with Crippen molar-refractivity contribution in [1.82, 2.24) is 8.61 Å². The Morgan fingerprint density at radius 3 is 2.59 bits per heavy atom. The molecule has 1 atom stereocenters. The van der Waals surface area contributed by atoms with Gasteiger partial charge in [0.05, 0.1) is 12.6 Å². The van der Waals surface area contributed by atoms with Crippen LogP contribution in [0, 0.1) is 0 Å². The van der Waals surface area contributed by atoms with Gasteiger partial charge in [0.25, 0.3) is 10.2 Å². The molecular formula is C18H31N5O3S. The van der Waals surface area contributed by atoms with E-state index in [0.29, 0.717) is 13.1 Å². The number of benzene rings is 1. The number of hydrogen-bond donors (Lipinski definition) is 2. The Morgan fingerprint density at radius 1 is 1.33 bits per heavy atom. The maximum atomic E-state index is 12.5. The molecule has 1 aromatic carbocycles. The molecule has 8 nitrogen and oxygen atoms in total. The second-order valence-corrected chi connectivity index (χ2v) is 9.19. The summed E-state index contributed by atoms with van der Waals surface area (Å²) < 4.78 is 33.4. The lowest BCUT2D eigenvalue weighted by molar-refractivity contribution is 0.242. The van der Waals surface area contributed by atoms with Crippen molar-refractivity contribution in [3.63, 3.8) is 0 Å². The minimum atomic E-state index is -3.45. The first kappa shape index (κ1) is 21.5. The third kappa shape index (κ3) is 6.08. The molecular weight excluding hydrogens is 366 g/mol. The van der Waals surface area contributed by atoms with Crippen LogP contribution in [-0.4, -0.2) is 62.3 Å². The number of piperidine rings is 1. The lowest BCUT2D eigenvalue weighted by Gasteiger charge is -2.35. The number of rotatable bonds is 7. The van der Waals surface area contributed by atoms with Gasteiger partial charge in [-0.25, -0.2) is 0 Å². The highest BCUT2D eigenvalue weighted by Gasteiger charge is 2.33. The highest BCUT2D eigenvalue weighted by Crippen LogP contribution is 2.22. The fourth-order valence-corrected chi connectivity index (χ4v) is 4.28. The standard InChI is InChI=1S/C18H31N5O3S/c1-14(2)26-17-10-8-15(9-11-17)21-18(19)20-13-16-7-5-6-12-23(16)27(24,25)22(3)4/h8-11,14,16H,5-7,12-13H2,1-4H3,(H3,19,20,21). The van der Waals surface area contributed by atoms with E-state index in [1.807, 2.05) is 38.1 Å². The molecule has 0 spiro atoms. The Morgan fingerprint density at radius 2 is 2.00 bits per heavy atom. The lowest BCUT2D eigenvalue weighted by Crippen LogP contribution is -2.50. The molecule has 0 bridgehead atoms. The zero-order chi connectivity index (χ0) is 20.0. The van der Waals surface area contributed by atoms with Crippen LogP contribution in [0.5, 0.6) is 5.75 Å². The predicted molar refractivity (Wildman–Crippen MR) is 109 cm³/mol. The SMILES string of the molecule is CC(C)Oc1ccc(NC(N)=NCC2CCCCN2S(=O)(=O)N(C)C)cc1. The Kier molecular flexibility index (Phi) is 7.46. The molecule has 1 heterocycles. The van der Waals surface area contributed by atoms with Crippen LogP contribution in [0.2, 0.25) is 0 Å². The van der Waals surface area contributed by atoms with Gasteiger partial charge in [-0.2, -0.15) is 17.0 Å². The van der Waals surface area contributed by atoms with Gasteiger partial charge < -0.3 is 15.8 Å². The summed E-state index contributed by atoms with van der Waals surface area (Å²) in [4.78, 5) is 4.36. The maximum absolute atomic E-state index is 12.5. The molecule has 0 aliphatic carbocycles. The van der Waals surface area contributed by atoms with E-state index in [1.54, 1.807) is 14.1 Å². The van der Waals surface area contributed by atoms with Crippen molar-refractivity contribution in [2.45, 2.75) is 45.3 Å². The van der Waals surface area contributed by atoms with Crippen LogP contribution in [0.3, 0.4) is 0 Å². The number of ether oxygens (including phenoxy) is 1. The third-order valence-electron chi connectivity index (χ3n) is 4.30. The van der Waals surface area contributed by atoms with Crippen LogP contribution in [-0.2, 0) is 10.2 Å². The average Bonchev–Trinajstić information content (AvgIpc) is 2.61. The first-order chi connectivity index (χ1) is 12.7. The first-order valence-electron chi connectivity index (χ1n) is 9.23. The largest absolute Gasteiger partial charge is 0.491 e. The molecule has 1 aliphatic heterocycles. The highest BCUT2D eigenvalue weighted by atomic mass is 32.2. The van der Waals surface area contributed by atoms with Gasteiger partial charge in [-0.05, 0) is 51.0 Å². The summed E-state index contributed by atoms with van der Waals surface area (Å²) >= 11 is 0. The molecule has 1 fully saturated rings. The van der Waals surface area contributed by atoms with Crippen molar-refractivity contribution in [3.8, 4) is 5.75 Å². The van der Waals surface area contributed by atoms with Gasteiger partial charge in [0.1, 0.15) is 5.75 Å². The summed E-state index contributed by atoms with van der Waals surface area (Å²) in [5, 5.41) is 3.03. The number of nitrogens with two attached hydrogens (primary N) is 1. The molecule has 27 heavy (non-hydrogen) atoms. The number of anilines is 1. The van der Waals surface area contributed by atoms with E-state index in [9.17, 15) is 8.42 Å². The van der Waals surface area contributed by atoms with E-state index in [1.165, 1.54) is 8.61 Å². The molecule has 0 aromatic heterocycles. The first-order valence-corrected chi connectivity index (χ1v) is 10.6. The number of nitrogens with zero attached hydrogens (tertiary/aromatic N) is 3. The van der Waals surface area contributed by atoms with Crippen LogP contribution in [0.15, 0.2) is 29.3 Å². The third-order valence-corrected chi connectivity index (χ3v) is 6.30. The van der Waals surface area contributed by atoms with Crippen LogP contribution in [0.25, 0.3) is 0 Å². The van der Waals surface area contributed by atoms with Crippen LogP contribution in [0.1, 0.15) is 33.1 Å². The van der Waals surface area contributed by atoms with Crippen molar-refractivity contribution in [3.05, 3.63) is 24.3 Å². The number of aliphatic imine (C=N–C) groups is 1. The summed E-state index contributed by atoms with van der Waals surface area (Å²) in [7, 11) is -0.352. The fraction of sp³-hybridized carbons (Fsp3) is 0.611. The number of guanidine groups is 1. The van der Waals surface area contributed by atoms with Crippen molar-refractivity contribution >= 4 is 21.9 Å². The minimum absolute atomic E-state index is 0.118. The van der Waals surface area contributed by atoms with Gasteiger partial charge in [-0.15, -0.1) is 0 Å². The Hall–Kier alpha value is -1.84. The van der Waals surface area contributed by atoms with E-state index < -0.39 is 10.2 Å². The minimum Gasteiger partial charge on any atom is -0.491 e. The lowest BCUT2D eigenvalue weighted by atomic mass is 10.1. The van der Waals surface area contributed by atoms with Gasteiger partial charge in [0, 0.05) is 32.4 Å². The van der Waals surface area contributed by atoms with Crippen molar-refractivity contribution in [1.29, 1.82) is 0 Å². The second-order valence-electron chi connectivity index (χ2n) is 7.09. The molecule has 0 saturated carbocycles. The van der Waals surface area contributed by atoms with E-state index in [2.05, 4.69) is 10.3 Å². The summed E-state index contributed by atoms with van der Waals surface area (Å²) in [6.45, 7) is 4.80. The average molecular weight is 398 g/mol. The zero-order valence-corrected chi connectivity index (χ0v) is 17.4. The van der Waals surface area contributed by atoms with Crippen molar-refractivity contribution in [2.24, 2.45) is 10.7 Å². The molecule has 0 radical (unpaired) electrons. The van der Waals surface area contributed by atoms with Crippen LogP contribution < -0.4 is 15.8 Å². The summed E-state index contributed by atoms with van der Waals surface area (Å²) in [6.07, 6.45) is 2.76. The van der Waals surface area contributed by atoms with E-state index in [-0.39, 0.29) is 18.1 Å². The molecule has 1 aromatic rings. The van der Waals surface area contributed by atoms with Gasteiger partial charge in [-0.3, -0.25) is 4.99 Å². The molecule has 152 valence electrons. The molecule has 9 heteroatoms. The summed E-state index contributed by atoms with van der Waals surface area (Å²) in [5.41, 5.74) is 6.79. The van der Waals surface area contributed by atoms with Gasteiger partial charge in [0.2, 0.25) is 0 Å². The second kappa shape index (κ2) is 9.38. The van der Waals surface area contributed by atoms with Crippen molar-refractivity contribution in [2.75, 3.05) is 32.5 Å². The molecule has 3 N–H and O–H groups in total. The maximum Gasteiger partial charge on any atom is 0.281 e. The monoisotopic (exact) mass is 397 g/mol. The molecule has 0 amide bonds. The molecule has 1 aliphatic rings. The van der Waals surface area contributed by atoms with Crippen molar-refractivity contribution < 1.29 is 13.2 Å². The quantitative estimate of drug-likeness (QED) is 0.540. The Balaban J connectivity index is 1.99. The molecule has 2 rings (SSSR count). The van der Waals surface area contributed by atoms with E-state index >= 15 is 0 Å². The Labute approximate surface area is 162 Å². The topological polar surface area (TPSA) is 100 Å². The van der Waals surface area contributed by atoms with Gasteiger partial charge in [0.15, 0.2) is 5.96 Å². The predicted octanol–water partition coefficient (Wildman–Crippen LogP) is 1.86. The number of nitrogens with one attached hydrogen (secondary N) is 1. The van der Waals surface area contributed by atoms with Crippen LogP contribution >= 0.6 is 0 Å². The smallest absolute Gasteiger partial charge is 0.281 e. The normalized spacial score (nSPS) is 19.5. The zero-order valence-electron chi connectivity index (χ0n) is 16.6. The van der Waals surface area contributed by atoms with Crippen LogP contribution in [0.4, 0.5) is 5.69 Å². The van der Waals surface area contributed by atoms with E-state index in [4.69, 9.17) is 10.5 Å².